The maximum absolute atomic E-state index is 12.7. The number of nitrogens with one attached hydrogen (secondary N) is 4. The van der Waals surface area contributed by atoms with E-state index in [1.165, 1.54) is 0 Å². The molecule has 234 valence electrons. The number of aryl methyl sites for hydroxylation is 3. The predicted octanol–water partition coefficient (Wildman–Crippen LogP) is 4.42. The Hall–Kier alpha value is -4.34. The molecule has 0 spiro atoms. The number of methoxy groups -OCH3 is 2. The summed E-state index contributed by atoms with van der Waals surface area (Å²) in [5.74, 6) is 1.51. The molecule has 6 rings (SSSR count). The van der Waals surface area contributed by atoms with Gasteiger partial charge in [-0.2, -0.15) is 12.6 Å². The second-order valence-electron chi connectivity index (χ2n) is 10.2. The van der Waals surface area contributed by atoms with Gasteiger partial charge in [0.1, 0.15) is 17.0 Å². The second kappa shape index (κ2) is 13.3. The quantitative estimate of drug-likeness (QED) is 0.0963. The Kier molecular flexibility index (Phi) is 9.09. The molecule has 0 aliphatic carbocycles. The average molecular weight is 665 g/mol. The fraction of sp³-hybridized carbons (Fsp3) is 0.267. The molecule has 5 aromatic rings. The molecule has 45 heavy (non-hydrogen) atoms. The maximum Gasteiger partial charge on any atom is 0.264 e. The second-order valence-corrected chi connectivity index (χ2v) is 13.6. The molecule has 3 aromatic heterocycles. The molecule has 1 atom stereocenters. The van der Waals surface area contributed by atoms with Gasteiger partial charge in [-0.3, -0.25) is 0 Å². The van der Waals surface area contributed by atoms with Crippen LogP contribution in [0.4, 0.5) is 5.00 Å². The Morgan fingerprint density at radius 3 is 2.60 bits per heavy atom. The number of thiazole rings is 1. The van der Waals surface area contributed by atoms with Gasteiger partial charge in [-0.05, 0) is 49.1 Å². The lowest BCUT2D eigenvalue weighted by atomic mass is 10.1. The van der Waals surface area contributed by atoms with Crippen molar-refractivity contribution in [3.63, 3.8) is 0 Å². The van der Waals surface area contributed by atoms with Crippen molar-refractivity contribution in [2.45, 2.75) is 36.0 Å². The summed E-state index contributed by atoms with van der Waals surface area (Å²) >= 11 is 6.32. The highest BCUT2D eigenvalue weighted by atomic mass is 32.2. The van der Waals surface area contributed by atoms with Crippen LogP contribution < -0.4 is 24.8 Å². The predicted molar refractivity (Wildman–Crippen MR) is 180 cm³/mol. The third-order valence-corrected chi connectivity index (χ3v) is 10.0. The van der Waals surface area contributed by atoms with Crippen molar-refractivity contribution < 1.29 is 17.9 Å². The van der Waals surface area contributed by atoms with E-state index in [4.69, 9.17) is 22.1 Å². The maximum atomic E-state index is 12.7. The summed E-state index contributed by atoms with van der Waals surface area (Å²) in [6.07, 6.45) is 9.74. The Labute approximate surface area is 269 Å². The number of rotatable bonds is 12. The number of sulfonamides is 1. The van der Waals surface area contributed by atoms with Crippen LogP contribution in [0.2, 0.25) is 0 Å². The number of anilines is 1. The third-order valence-electron chi connectivity index (χ3n) is 7.27. The number of ether oxygens (including phenoxy) is 2. The number of guanidine groups is 1. The zero-order chi connectivity index (χ0) is 31.4. The van der Waals surface area contributed by atoms with Gasteiger partial charge in [-0.15, -0.1) is 11.3 Å². The summed E-state index contributed by atoms with van der Waals surface area (Å²) in [5.41, 5.74) is 3.62. The number of hydrogen-bond donors (Lipinski definition) is 5. The van der Waals surface area contributed by atoms with E-state index >= 15 is 0 Å². The highest BCUT2D eigenvalue weighted by Crippen LogP contribution is 2.36. The zero-order valence-electron chi connectivity index (χ0n) is 24.6. The normalized spacial score (nSPS) is 13.8. The first-order valence-corrected chi connectivity index (χ1v) is 17.0. The van der Waals surface area contributed by atoms with E-state index in [2.05, 4.69) is 40.3 Å². The molecular weight excluding hydrogens is 633 g/mol. The molecule has 4 heterocycles. The number of benzene rings is 2. The molecule has 1 aliphatic rings. The molecule has 0 bridgehead atoms. The number of aromatic amines is 1. The minimum Gasteiger partial charge on any atom is -0.493 e. The first-order chi connectivity index (χ1) is 21.8. The van der Waals surface area contributed by atoms with Crippen LogP contribution in [-0.4, -0.2) is 60.5 Å². The van der Waals surface area contributed by atoms with Crippen LogP contribution in [0.5, 0.6) is 11.5 Å². The van der Waals surface area contributed by atoms with Crippen molar-refractivity contribution in [2.75, 3.05) is 26.1 Å². The molecule has 0 saturated heterocycles. The lowest BCUT2D eigenvalue weighted by Gasteiger charge is -2.14. The molecule has 12 nitrogen and oxygen atoms in total. The fourth-order valence-electron chi connectivity index (χ4n) is 5.03. The molecule has 1 aliphatic heterocycles. The van der Waals surface area contributed by atoms with Crippen molar-refractivity contribution in [1.82, 2.24) is 30.0 Å². The monoisotopic (exact) mass is 664 g/mol. The average Bonchev–Trinajstić information content (AvgIpc) is 3.66. The molecular formula is C30H32N8O4S3. The number of nitrogens with zero attached hydrogens (tertiary/aromatic N) is 4. The van der Waals surface area contributed by atoms with Crippen LogP contribution in [0.25, 0.3) is 21.9 Å². The summed E-state index contributed by atoms with van der Waals surface area (Å²) in [6, 6.07) is 10.7. The molecule has 2 aromatic carbocycles. The van der Waals surface area contributed by atoms with Gasteiger partial charge < -0.3 is 25.1 Å². The van der Waals surface area contributed by atoms with Gasteiger partial charge in [0.25, 0.3) is 10.0 Å². The summed E-state index contributed by atoms with van der Waals surface area (Å²) in [4.78, 5) is 21.3. The van der Waals surface area contributed by atoms with E-state index in [1.807, 2.05) is 30.5 Å². The van der Waals surface area contributed by atoms with Crippen molar-refractivity contribution >= 4 is 66.9 Å². The molecule has 0 amide bonds. The number of thiol groups is 1. The number of H-pyrrole nitrogens is 1. The van der Waals surface area contributed by atoms with Gasteiger partial charge in [0.15, 0.2) is 11.5 Å². The summed E-state index contributed by atoms with van der Waals surface area (Å²) in [7, 11) is -0.485. The van der Waals surface area contributed by atoms with E-state index < -0.39 is 10.0 Å². The van der Waals surface area contributed by atoms with Crippen LogP contribution in [0.3, 0.4) is 0 Å². The van der Waals surface area contributed by atoms with Crippen molar-refractivity contribution in [2.24, 2.45) is 4.99 Å². The minimum atomic E-state index is -3.72. The number of aromatic nitrogens is 4. The van der Waals surface area contributed by atoms with E-state index in [9.17, 15) is 8.42 Å². The minimum absolute atomic E-state index is 0.105. The van der Waals surface area contributed by atoms with Crippen LogP contribution in [-0.2, 0) is 29.3 Å². The SMILES string of the molecule is COc1cc2[nH]c3ncnc(CCc4ncc(NC(S)CCc5ccc(S(=O)(=O)NC6=NCC=CN6)cc5)s4)c3c2cc1OC. The molecule has 1 unspecified atom stereocenters. The van der Waals surface area contributed by atoms with Gasteiger partial charge in [-0.25, -0.2) is 33.1 Å². The molecule has 0 fully saturated rings. The molecule has 0 saturated carbocycles. The smallest absolute Gasteiger partial charge is 0.264 e. The third kappa shape index (κ3) is 7.00. The van der Waals surface area contributed by atoms with Crippen LogP contribution in [0.1, 0.15) is 22.7 Å². The van der Waals surface area contributed by atoms with E-state index in [-0.39, 0.29) is 16.2 Å². The van der Waals surface area contributed by atoms with Crippen molar-refractivity contribution in [3.8, 4) is 11.5 Å². The topological polar surface area (TPSA) is 156 Å². The highest BCUT2D eigenvalue weighted by Gasteiger charge is 2.18. The van der Waals surface area contributed by atoms with Crippen LogP contribution in [0.15, 0.2) is 71.1 Å². The lowest BCUT2D eigenvalue weighted by Crippen LogP contribution is -2.39. The van der Waals surface area contributed by atoms with Gasteiger partial charge in [0, 0.05) is 29.5 Å². The number of fused-ring (bicyclic) bond motifs is 3. The van der Waals surface area contributed by atoms with Crippen LogP contribution >= 0.6 is 24.0 Å². The highest BCUT2D eigenvalue weighted by molar-refractivity contribution is 7.90. The van der Waals surface area contributed by atoms with Gasteiger partial charge >= 0.3 is 0 Å². The van der Waals surface area contributed by atoms with Gasteiger partial charge in [-0.1, -0.05) is 12.1 Å². The molecule has 4 N–H and O–H groups in total. The Bertz CT molecular complexity index is 1990. The fourth-order valence-corrected chi connectivity index (χ4v) is 7.24. The number of aliphatic imine (C=N–C) groups is 1. The van der Waals surface area contributed by atoms with Crippen LogP contribution in [0, 0.1) is 0 Å². The first-order valence-electron chi connectivity index (χ1n) is 14.2. The molecule has 0 radical (unpaired) electrons. The zero-order valence-corrected chi connectivity index (χ0v) is 27.1. The number of hydrogen-bond acceptors (Lipinski definition) is 12. The Balaban J connectivity index is 1.04. The Morgan fingerprint density at radius 2 is 1.84 bits per heavy atom. The first kappa shape index (κ1) is 30.7. The van der Waals surface area contributed by atoms with E-state index in [0.717, 1.165) is 62.5 Å². The summed E-state index contributed by atoms with van der Waals surface area (Å²) in [6.45, 7) is 0.427. The summed E-state index contributed by atoms with van der Waals surface area (Å²) < 4.78 is 38.7. The Morgan fingerprint density at radius 1 is 1.04 bits per heavy atom. The molecule has 15 heteroatoms. The largest absolute Gasteiger partial charge is 0.493 e. The van der Waals surface area contributed by atoms with Gasteiger partial charge in [0.2, 0.25) is 5.96 Å². The lowest BCUT2D eigenvalue weighted by molar-refractivity contribution is 0.356. The van der Waals surface area contributed by atoms with E-state index in [1.54, 1.807) is 56.3 Å². The standard InChI is InChI=1S/C30H32N8O4S3/c1-41-23-14-20-22(15-24(23)42-2)36-29-28(20)21(34-17-35-29)9-11-26-33-16-27(44-26)37-25(43)10-6-18-4-7-19(8-5-18)45(39,40)38-30-31-12-3-13-32-30/h3-5,7-8,12,14-17,25,37,43H,6,9-11,13H2,1-2H3,(H2,31,32,38)(H,34,35,36). The van der Waals surface area contributed by atoms with Gasteiger partial charge in [0.05, 0.1) is 53.4 Å². The van der Waals surface area contributed by atoms with E-state index in [0.29, 0.717) is 24.5 Å². The van der Waals surface area contributed by atoms with Crippen molar-refractivity contribution in [3.05, 3.63) is 77.5 Å². The summed E-state index contributed by atoms with van der Waals surface area (Å²) in [5, 5.41) is 9.97. The van der Waals surface area contributed by atoms with Crippen molar-refractivity contribution in [1.29, 1.82) is 0 Å².